The first-order valence-electron chi connectivity index (χ1n) is 11.1. The summed E-state index contributed by atoms with van der Waals surface area (Å²) in [6.07, 6.45) is 1.60. The van der Waals surface area contributed by atoms with E-state index in [1.165, 1.54) is 16.4 Å². The van der Waals surface area contributed by atoms with Gasteiger partial charge in [-0.1, -0.05) is 12.1 Å². The zero-order valence-electron chi connectivity index (χ0n) is 18.8. The third kappa shape index (κ3) is 5.22. The molecule has 0 unspecified atom stereocenters. The summed E-state index contributed by atoms with van der Waals surface area (Å²) in [6, 6.07) is 14.1. The molecule has 2 aliphatic heterocycles. The van der Waals surface area contributed by atoms with Crippen LogP contribution in [-0.2, 0) is 24.9 Å². The van der Waals surface area contributed by atoms with E-state index in [9.17, 15) is 13.2 Å². The SMILES string of the molecule is COc1ccc(C2(CNC(=O)c3ccc(S(=O)(=O)N4CCOCC4)cc3)CCOCC2)cc1. The van der Waals surface area contributed by atoms with Gasteiger partial charge in [-0.15, -0.1) is 0 Å². The molecule has 178 valence electrons. The van der Waals surface area contributed by atoms with Gasteiger partial charge in [0.05, 0.1) is 25.2 Å². The summed E-state index contributed by atoms with van der Waals surface area (Å²) < 4.78 is 43.1. The predicted octanol–water partition coefficient (Wildman–Crippen LogP) is 2.19. The first-order valence-corrected chi connectivity index (χ1v) is 12.6. The maximum absolute atomic E-state index is 12.9. The summed E-state index contributed by atoms with van der Waals surface area (Å²) in [7, 11) is -1.95. The molecule has 2 aromatic rings. The minimum Gasteiger partial charge on any atom is -0.497 e. The Bertz CT molecular complexity index is 1040. The minimum atomic E-state index is -3.59. The molecule has 2 saturated heterocycles. The van der Waals surface area contributed by atoms with Crippen LogP contribution in [0.4, 0.5) is 0 Å². The van der Waals surface area contributed by atoms with Crippen molar-refractivity contribution in [2.24, 2.45) is 0 Å². The van der Waals surface area contributed by atoms with Gasteiger partial charge in [0.2, 0.25) is 10.0 Å². The number of benzene rings is 2. The van der Waals surface area contributed by atoms with E-state index in [1.54, 1.807) is 19.2 Å². The van der Waals surface area contributed by atoms with Gasteiger partial charge >= 0.3 is 0 Å². The van der Waals surface area contributed by atoms with Crippen LogP contribution in [0.3, 0.4) is 0 Å². The number of methoxy groups -OCH3 is 1. The Kier molecular flexibility index (Phi) is 7.33. The Labute approximate surface area is 194 Å². The summed E-state index contributed by atoms with van der Waals surface area (Å²) in [5.41, 5.74) is 1.34. The van der Waals surface area contributed by atoms with E-state index in [-0.39, 0.29) is 16.2 Å². The van der Waals surface area contributed by atoms with Gasteiger partial charge in [0, 0.05) is 43.8 Å². The summed E-state index contributed by atoms with van der Waals surface area (Å²) >= 11 is 0. The molecule has 0 bridgehead atoms. The normalized spacial score (nSPS) is 19.1. The van der Waals surface area contributed by atoms with Crippen molar-refractivity contribution in [2.45, 2.75) is 23.2 Å². The van der Waals surface area contributed by atoms with Crippen LogP contribution in [0.2, 0.25) is 0 Å². The Morgan fingerprint density at radius 1 is 0.970 bits per heavy atom. The van der Waals surface area contributed by atoms with Crippen LogP contribution < -0.4 is 10.1 Å². The number of sulfonamides is 1. The van der Waals surface area contributed by atoms with Crippen molar-refractivity contribution in [2.75, 3.05) is 53.2 Å². The quantitative estimate of drug-likeness (QED) is 0.661. The summed E-state index contributed by atoms with van der Waals surface area (Å²) in [5, 5.41) is 3.06. The van der Waals surface area contributed by atoms with Crippen LogP contribution in [0.15, 0.2) is 53.4 Å². The van der Waals surface area contributed by atoms with Gasteiger partial charge in [0.15, 0.2) is 0 Å². The third-order valence-corrected chi connectivity index (χ3v) is 8.38. The van der Waals surface area contributed by atoms with Crippen LogP contribution >= 0.6 is 0 Å². The Morgan fingerprint density at radius 2 is 1.58 bits per heavy atom. The number of rotatable bonds is 7. The molecular weight excluding hydrogens is 444 g/mol. The molecule has 0 radical (unpaired) electrons. The van der Waals surface area contributed by atoms with Gasteiger partial charge in [-0.3, -0.25) is 4.79 Å². The fraction of sp³-hybridized carbons (Fsp3) is 0.458. The Hall–Kier alpha value is -2.46. The van der Waals surface area contributed by atoms with Gasteiger partial charge < -0.3 is 19.5 Å². The molecule has 0 spiro atoms. The lowest BCUT2D eigenvalue weighted by Gasteiger charge is -2.38. The zero-order valence-corrected chi connectivity index (χ0v) is 19.6. The number of morpholine rings is 1. The van der Waals surface area contributed by atoms with Gasteiger partial charge in [0.1, 0.15) is 5.75 Å². The van der Waals surface area contributed by atoms with Crippen molar-refractivity contribution >= 4 is 15.9 Å². The molecule has 8 nitrogen and oxygen atoms in total. The number of amides is 1. The van der Waals surface area contributed by atoms with E-state index in [2.05, 4.69) is 5.32 Å². The number of hydrogen-bond donors (Lipinski definition) is 1. The van der Waals surface area contributed by atoms with Crippen molar-refractivity contribution in [1.82, 2.24) is 9.62 Å². The molecule has 2 fully saturated rings. The van der Waals surface area contributed by atoms with E-state index < -0.39 is 10.0 Å². The van der Waals surface area contributed by atoms with Crippen LogP contribution in [0.1, 0.15) is 28.8 Å². The van der Waals surface area contributed by atoms with Crippen LogP contribution in [-0.4, -0.2) is 71.8 Å². The van der Waals surface area contributed by atoms with Crippen LogP contribution in [0.5, 0.6) is 5.75 Å². The molecule has 2 heterocycles. The van der Waals surface area contributed by atoms with E-state index in [0.29, 0.717) is 51.6 Å². The number of ether oxygens (including phenoxy) is 3. The average Bonchev–Trinajstić information content (AvgIpc) is 2.88. The Morgan fingerprint density at radius 3 is 2.18 bits per heavy atom. The molecule has 0 aliphatic carbocycles. The van der Waals surface area contributed by atoms with Crippen molar-refractivity contribution in [3.05, 3.63) is 59.7 Å². The summed E-state index contributed by atoms with van der Waals surface area (Å²) in [6.45, 7) is 3.19. The summed E-state index contributed by atoms with van der Waals surface area (Å²) in [5.74, 6) is 0.557. The van der Waals surface area contributed by atoms with Gasteiger partial charge in [-0.2, -0.15) is 4.31 Å². The first-order chi connectivity index (χ1) is 15.9. The average molecular weight is 475 g/mol. The standard InChI is InChI=1S/C24H30N2O6S/c1-30-21-6-4-20(5-7-21)24(10-14-31-15-11-24)18-25-23(27)19-2-8-22(9-3-19)33(28,29)26-12-16-32-17-13-26/h2-9H,10-18H2,1H3,(H,25,27). The predicted molar refractivity (Wildman–Crippen MR) is 123 cm³/mol. The van der Waals surface area contributed by atoms with Gasteiger partial charge in [-0.05, 0) is 54.8 Å². The molecule has 2 aliphatic rings. The fourth-order valence-corrected chi connectivity index (χ4v) is 5.75. The zero-order chi connectivity index (χ0) is 23.3. The number of nitrogens with zero attached hydrogens (tertiary/aromatic N) is 1. The third-order valence-electron chi connectivity index (χ3n) is 6.46. The highest BCUT2D eigenvalue weighted by Gasteiger charge is 2.35. The second kappa shape index (κ2) is 10.2. The highest BCUT2D eigenvalue weighted by Crippen LogP contribution is 2.35. The molecule has 1 amide bonds. The maximum Gasteiger partial charge on any atom is 0.251 e. The molecule has 2 aromatic carbocycles. The molecular formula is C24H30N2O6S. The highest BCUT2D eigenvalue weighted by atomic mass is 32.2. The fourth-order valence-electron chi connectivity index (χ4n) is 4.34. The van der Waals surface area contributed by atoms with Gasteiger partial charge in [0.25, 0.3) is 5.91 Å². The lowest BCUT2D eigenvalue weighted by Crippen LogP contribution is -2.44. The summed E-state index contributed by atoms with van der Waals surface area (Å²) in [4.78, 5) is 13.1. The van der Waals surface area contributed by atoms with Crippen LogP contribution in [0.25, 0.3) is 0 Å². The topological polar surface area (TPSA) is 94.2 Å². The lowest BCUT2D eigenvalue weighted by atomic mass is 9.74. The number of carbonyl (C=O) groups excluding carboxylic acids is 1. The Balaban J connectivity index is 1.45. The van der Waals surface area contributed by atoms with E-state index in [1.807, 2.05) is 24.3 Å². The largest absolute Gasteiger partial charge is 0.497 e. The monoisotopic (exact) mass is 474 g/mol. The van der Waals surface area contributed by atoms with Crippen LogP contribution in [0, 0.1) is 0 Å². The molecule has 33 heavy (non-hydrogen) atoms. The molecule has 1 N–H and O–H groups in total. The smallest absolute Gasteiger partial charge is 0.251 e. The molecule has 0 saturated carbocycles. The lowest BCUT2D eigenvalue weighted by molar-refractivity contribution is 0.0487. The van der Waals surface area contributed by atoms with E-state index >= 15 is 0 Å². The number of nitrogens with one attached hydrogen (secondary N) is 1. The molecule has 0 atom stereocenters. The molecule has 4 rings (SSSR count). The maximum atomic E-state index is 12.9. The molecule has 0 aromatic heterocycles. The van der Waals surface area contributed by atoms with E-state index in [0.717, 1.165) is 24.2 Å². The highest BCUT2D eigenvalue weighted by molar-refractivity contribution is 7.89. The van der Waals surface area contributed by atoms with Crippen molar-refractivity contribution < 1.29 is 27.4 Å². The molecule has 9 heteroatoms. The number of hydrogen-bond acceptors (Lipinski definition) is 6. The van der Waals surface area contributed by atoms with Crippen molar-refractivity contribution in [3.8, 4) is 5.75 Å². The van der Waals surface area contributed by atoms with Crippen molar-refractivity contribution in [3.63, 3.8) is 0 Å². The van der Waals surface area contributed by atoms with Crippen molar-refractivity contribution in [1.29, 1.82) is 0 Å². The van der Waals surface area contributed by atoms with E-state index in [4.69, 9.17) is 14.2 Å². The number of carbonyl (C=O) groups is 1. The second-order valence-electron chi connectivity index (χ2n) is 8.34. The van der Waals surface area contributed by atoms with Gasteiger partial charge in [-0.25, -0.2) is 8.42 Å². The first kappa shape index (κ1) is 23.7. The minimum absolute atomic E-state index is 0.181. The second-order valence-corrected chi connectivity index (χ2v) is 10.3.